The normalized spacial score (nSPS) is 19.3. The zero-order valence-electron chi connectivity index (χ0n) is 31.4. The third-order valence-corrected chi connectivity index (χ3v) is 13.0. The summed E-state index contributed by atoms with van der Waals surface area (Å²) in [5.74, 6) is 0.338. The molecule has 0 saturated carbocycles. The molecular formula is C39H47N7O6S2. The van der Waals surface area contributed by atoms with Crippen LogP contribution in [0.1, 0.15) is 70.8 Å². The van der Waals surface area contributed by atoms with Gasteiger partial charge in [-0.05, 0) is 72.9 Å². The molecule has 4 aromatic rings. The largest absolute Gasteiger partial charge is 0.453 e. The molecule has 0 radical (unpaired) electrons. The van der Waals surface area contributed by atoms with E-state index in [0.717, 1.165) is 64.6 Å². The molecule has 3 aliphatic rings. The molecule has 13 nitrogen and oxygen atoms in total. The van der Waals surface area contributed by atoms with Gasteiger partial charge in [-0.3, -0.25) is 14.6 Å². The van der Waals surface area contributed by atoms with E-state index in [1.807, 2.05) is 43.7 Å². The van der Waals surface area contributed by atoms with E-state index in [1.165, 1.54) is 28.5 Å². The van der Waals surface area contributed by atoms with Crippen molar-refractivity contribution in [1.29, 1.82) is 0 Å². The molecular weight excluding hydrogens is 727 g/mol. The van der Waals surface area contributed by atoms with Crippen LogP contribution in [0, 0.1) is 11.8 Å². The highest BCUT2D eigenvalue weighted by atomic mass is 32.1. The van der Waals surface area contributed by atoms with Crippen LogP contribution >= 0.6 is 22.7 Å². The van der Waals surface area contributed by atoms with Crippen LogP contribution in [-0.2, 0) is 25.5 Å². The second-order valence-electron chi connectivity index (χ2n) is 14.8. The van der Waals surface area contributed by atoms with E-state index in [0.29, 0.717) is 19.5 Å². The smallest absolute Gasteiger partial charge is 0.407 e. The van der Waals surface area contributed by atoms with Crippen LogP contribution in [0.4, 0.5) is 15.3 Å². The lowest BCUT2D eigenvalue weighted by molar-refractivity contribution is -0.135. The number of amides is 4. The number of aromatic amines is 1. The first-order chi connectivity index (χ1) is 25.9. The first kappa shape index (κ1) is 37.6. The maximum absolute atomic E-state index is 13.6. The topological polar surface area (TPSA) is 158 Å². The van der Waals surface area contributed by atoms with Gasteiger partial charge in [0.25, 0.3) is 0 Å². The highest BCUT2D eigenvalue weighted by Gasteiger charge is 2.40. The van der Waals surface area contributed by atoms with E-state index in [2.05, 4.69) is 45.9 Å². The summed E-state index contributed by atoms with van der Waals surface area (Å²) in [6.45, 7) is 8.90. The number of alkyl carbamates (subject to hydrolysis) is 2. The van der Waals surface area contributed by atoms with Crippen molar-refractivity contribution in [2.75, 3.05) is 27.3 Å². The number of carbonyl (C=O) groups is 4. The number of H-pyrrole nitrogens is 1. The number of rotatable bonds is 10. The van der Waals surface area contributed by atoms with Gasteiger partial charge in [-0.25, -0.2) is 14.6 Å². The van der Waals surface area contributed by atoms with Gasteiger partial charge >= 0.3 is 12.2 Å². The number of benzene rings is 1. The molecule has 0 spiro atoms. The lowest BCUT2D eigenvalue weighted by Crippen LogP contribution is -2.53. The quantitative estimate of drug-likeness (QED) is 0.156. The summed E-state index contributed by atoms with van der Waals surface area (Å²) >= 11 is 3.45. The molecule has 0 bridgehead atoms. The molecule has 7 rings (SSSR count). The number of carbonyl (C=O) groups excluding carboxylic acids is 4. The van der Waals surface area contributed by atoms with Gasteiger partial charge < -0.3 is 34.9 Å². The minimum Gasteiger partial charge on any atom is -0.453 e. The third kappa shape index (κ3) is 7.35. The van der Waals surface area contributed by atoms with E-state index in [-0.39, 0.29) is 35.7 Å². The Morgan fingerprint density at radius 1 is 0.815 bits per heavy atom. The van der Waals surface area contributed by atoms with Gasteiger partial charge in [0.15, 0.2) is 0 Å². The number of nitrogens with zero attached hydrogens (tertiary/aromatic N) is 4. The Labute approximate surface area is 322 Å². The summed E-state index contributed by atoms with van der Waals surface area (Å²) in [4.78, 5) is 70.3. The molecule has 0 unspecified atom stereocenters. The summed E-state index contributed by atoms with van der Waals surface area (Å²) in [6, 6.07) is 9.21. The minimum atomic E-state index is -0.680. The Balaban J connectivity index is 1.03. The summed E-state index contributed by atoms with van der Waals surface area (Å²) in [7, 11) is 2.60. The van der Waals surface area contributed by atoms with Gasteiger partial charge in [0, 0.05) is 39.5 Å². The fourth-order valence-electron chi connectivity index (χ4n) is 7.76. The van der Waals surface area contributed by atoms with E-state index in [1.54, 1.807) is 22.7 Å². The molecule has 54 heavy (non-hydrogen) atoms. The van der Waals surface area contributed by atoms with Gasteiger partial charge in [-0.2, -0.15) is 0 Å². The van der Waals surface area contributed by atoms with E-state index in [4.69, 9.17) is 19.5 Å². The molecule has 3 aliphatic heterocycles. The average molecular weight is 774 g/mol. The molecule has 6 heterocycles. The van der Waals surface area contributed by atoms with Crippen molar-refractivity contribution in [3.63, 3.8) is 0 Å². The second kappa shape index (κ2) is 15.5. The van der Waals surface area contributed by atoms with E-state index in [9.17, 15) is 19.2 Å². The number of aromatic nitrogens is 2. The number of ether oxygens (including phenoxy) is 2. The fraction of sp³-hybridized carbons (Fsp3) is 0.487. The van der Waals surface area contributed by atoms with Crippen LogP contribution in [0.25, 0.3) is 30.4 Å². The lowest BCUT2D eigenvalue weighted by atomic mass is 9.99. The molecule has 2 fully saturated rings. The third-order valence-electron chi connectivity index (χ3n) is 10.6. The van der Waals surface area contributed by atoms with Crippen LogP contribution < -0.4 is 10.6 Å². The number of methoxy groups -OCH3 is 2. The zero-order valence-corrected chi connectivity index (χ0v) is 33.1. The van der Waals surface area contributed by atoms with Gasteiger partial charge in [-0.1, -0.05) is 33.8 Å². The standard InChI is InChI=1S/C39H47N7O6S2/c1-20(2)33(43-38(49)51-5)36(47)45-13-7-9-27(45)25-16-23-15-22(11-12-24(23)41-25)29-17-31-32(53-29)18-30(54-31)26-19-40-35(42-26)28-10-8-14-46(28)37(48)34(21(3)4)44-39(50)52-6/h11-12,15,17-21,27-28,33-34H,7-10,13-14,16H2,1-6H3,(H,40,42)(H,43,49)(H,44,50)/t27-,28-,33-,34-/m0/s1. The maximum atomic E-state index is 13.6. The van der Waals surface area contributed by atoms with Crippen LogP contribution in [-0.4, -0.2) is 94.9 Å². The number of likely N-dealkylation sites (tertiary alicyclic amines) is 2. The van der Waals surface area contributed by atoms with Crippen LogP contribution in [0.5, 0.6) is 0 Å². The monoisotopic (exact) mass is 773 g/mol. The van der Waals surface area contributed by atoms with Crippen molar-refractivity contribution in [2.24, 2.45) is 16.8 Å². The Bertz CT molecular complexity index is 2070. The van der Waals surface area contributed by atoms with Crippen molar-refractivity contribution in [3.8, 4) is 21.0 Å². The van der Waals surface area contributed by atoms with Crippen molar-refractivity contribution in [3.05, 3.63) is 47.9 Å². The Morgan fingerprint density at radius 3 is 2.00 bits per heavy atom. The van der Waals surface area contributed by atoms with Crippen LogP contribution in [0.3, 0.4) is 0 Å². The molecule has 1 aromatic carbocycles. The first-order valence-corrected chi connectivity index (χ1v) is 20.2. The van der Waals surface area contributed by atoms with Crippen molar-refractivity contribution in [1.82, 2.24) is 30.4 Å². The molecule has 4 amide bonds. The Morgan fingerprint density at radius 2 is 1.39 bits per heavy atom. The first-order valence-electron chi connectivity index (χ1n) is 18.5. The van der Waals surface area contributed by atoms with Crippen LogP contribution in [0.15, 0.2) is 41.5 Å². The highest BCUT2D eigenvalue weighted by molar-refractivity contribution is 7.31. The summed E-state index contributed by atoms with van der Waals surface area (Å²) in [5.41, 5.74) is 5.14. The molecule has 2 saturated heterocycles. The predicted molar refractivity (Wildman–Crippen MR) is 210 cm³/mol. The van der Waals surface area contributed by atoms with E-state index >= 15 is 0 Å². The van der Waals surface area contributed by atoms with Gasteiger partial charge in [-0.15, -0.1) is 22.7 Å². The maximum Gasteiger partial charge on any atom is 0.407 e. The number of fused-ring (bicyclic) bond motifs is 2. The molecule has 286 valence electrons. The van der Waals surface area contributed by atoms with Crippen molar-refractivity contribution < 1.29 is 28.7 Å². The van der Waals surface area contributed by atoms with Crippen molar-refractivity contribution in [2.45, 2.75) is 84.0 Å². The average Bonchev–Trinajstić information content (AvgIpc) is 3.99. The number of aliphatic imine (C=N–C) groups is 1. The lowest BCUT2D eigenvalue weighted by Gasteiger charge is -2.30. The van der Waals surface area contributed by atoms with Crippen molar-refractivity contribution >= 4 is 67.5 Å². The second-order valence-corrected chi connectivity index (χ2v) is 17.0. The predicted octanol–water partition coefficient (Wildman–Crippen LogP) is 7.06. The Kier molecular flexibility index (Phi) is 10.8. The summed E-state index contributed by atoms with van der Waals surface area (Å²) in [6.07, 6.45) is 4.69. The number of imidazole rings is 1. The van der Waals surface area contributed by atoms with Gasteiger partial charge in [0.2, 0.25) is 11.8 Å². The minimum absolute atomic E-state index is 0.0846. The molecule has 15 heteroatoms. The van der Waals surface area contributed by atoms with Crippen LogP contribution in [0.2, 0.25) is 0 Å². The molecule has 3 aromatic heterocycles. The SMILES string of the molecule is COC(=O)N[C@H](C(=O)N1CCC[C@H]1C1=Nc2ccc(-c3cc4sc(-c5cnc([C@@H]6CCCN6C(=O)[C@@H](NC(=O)OC)C(C)C)[nH]5)cc4s3)cc2C1)C(C)C. The fourth-order valence-corrected chi connectivity index (χ4v) is 10.1. The molecule has 4 atom stereocenters. The number of thiophene rings is 2. The summed E-state index contributed by atoms with van der Waals surface area (Å²) in [5, 5.41) is 5.43. The molecule has 0 aliphatic carbocycles. The van der Waals surface area contributed by atoms with E-state index < -0.39 is 24.3 Å². The van der Waals surface area contributed by atoms with Gasteiger partial charge in [0.1, 0.15) is 17.9 Å². The Hall–Kier alpha value is -4.76. The number of nitrogens with one attached hydrogen (secondary N) is 3. The highest BCUT2D eigenvalue weighted by Crippen LogP contribution is 2.43. The number of hydrogen-bond acceptors (Lipinski definition) is 10. The molecule has 3 N–H and O–H groups in total. The van der Waals surface area contributed by atoms with Gasteiger partial charge in [0.05, 0.1) is 48.8 Å². The summed E-state index contributed by atoms with van der Waals surface area (Å²) < 4.78 is 11.9. The number of hydrogen-bond donors (Lipinski definition) is 3. The zero-order chi connectivity index (χ0) is 38.3.